The van der Waals surface area contributed by atoms with Gasteiger partial charge in [0.15, 0.2) is 23.0 Å². The van der Waals surface area contributed by atoms with Crippen LogP contribution in [0.3, 0.4) is 0 Å². The maximum atomic E-state index is 13.6. The Bertz CT molecular complexity index is 2000. The fourth-order valence-corrected chi connectivity index (χ4v) is 7.24. The van der Waals surface area contributed by atoms with E-state index >= 15 is 0 Å². The topological polar surface area (TPSA) is 149 Å². The Labute approximate surface area is 319 Å². The molecule has 3 aromatic rings. The Morgan fingerprint density at radius 3 is 1.65 bits per heavy atom. The molecule has 0 aliphatic carbocycles. The molecule has 2 amide bonds. The van der Waals surface area contributed by atoms with Crippen LogP contribution in [0.5, 0.6) is 28.7 Å². The van der Waals surface area contributed by atoms with E-state index in [-0.39, 0.29) is 50.1 Å². The first kappa shape index (κ1) is 37.2. The number of hydrogen-bond donors (Lipinski definition) is 1. The van der Waals surface area contributed by atoms with Crippen molar-refractivity contribution in [2.24, 2.45) is 9.98 Å². The number of aliphatic imine (C=N–C) groups is 2. The molecule has 13 heteroatoms. The predicted octanol–water partition coefficient (Wildman–Crippen LogP) is 6.86. The van der Waals surface area contributed by atoms with Crippen LogP contribution in [-0.4, -0.2) is 91.1 Å². The SMILES string of the molecule is C/C=C1/C[C@H]2C=Nc3cc(OCc4cc(COc5cc6c(cc5OC)C(=O)N5C/C(=C\C)C[C@H]5C=N6)cc(OCCCC(=O)O)c4)c(OC)cc3C(=O)N2C1. The molecule has 13 nitrogen and oxygen atoms in total. The minimum absolute atomic E-state index is 0.0189. The van der Waals surface area contributed by atoms with Crippen molar-refractivity contribution in [3.8, 4) is 28.7 Å². The molecular formula is C42H44N4O9. The largest absolute Gasteiger partial charge is 0.494 e. The number of amides is 2. The molecule has 2 saturated heterocycles. The van der Waals surface area contributed by atoms with E-state index < -0.39 is 5.97 Å². The summed E-state index contributed by atoms with van der Waals surface area (Å²) in [5.41, 5.74) is 5.79. The number of allylic oxidation sites excluding steroid dienone is 2. The third-order valence-electron chi connectivity index (χ3n) is 10.2. The highest BCUT2D eigenvalue weighted by atomic mass is 16.5. The summed E-state index contributed by atoms with van der Waals surface area (Å²) in [5, 5.41) is 9.10. The lowest BCUT2D eigenvalue weighted by Gasteiger charge is -2.20. The molecule has 0 radical (unpaired) electrons. The summed E-state index contributed by atoms with van der Waals surface area (Å²) in [6, 6.07) is 12.1. The van der Waals surface area contributed by atoms with Crippen molar-refractivity contribution in [1.29, 1.82) is 0 Å². The molecule has 1 N–H and O–H groups in total. The summed E-state index contributed by atoms with van der Waals surface area (Å²) < 4.78 is 29.9. The summed E-state index contributed by atoms with van der Waals surface area (Å²) in [5.74, 6) is 1.03. The Morgan fingerprint density at radius 1 is 0.727 bits per heavy atom. The molecule has 7 rings (SSSR count). The summed E-state index contributed by atoms with van der Waals surface area (Å²) in [4.78, 5) is 51.2. The molecule has 4 aliphatic rings. The van der Waals surface area contributed by atoms with Crippen LogP contribution < -0.4 is 23.7 Å². The lowest BCUT2D eigenvalue weighted by atomic mass is 10.1. The van der Waals surface area contributed by atoms with Crippen molar-refractivity contribution in [3.63, 3.8) is 0 Å². The Morgan fingerprint density at radius 2 is 1.22 bits per heavy atom. The smallest absolute Gasteiger partial charge is 0.303 e. The van der Waals surface area contributed by atoms with Gasteiger partial charge in [0, 0.05) is 44.1 Å². The standard InChI is InChI=1S/C42H44N4O9/c1-5-25-11-29-19-43-34-17-38(36(51-3)15-32(34)41(49)45(29)21-25)54-23-27-10-28(14-31(13-27)53-9-7-8-40(47)48)24-55-39-18-35-33(16-37(39)52-4)42(50)46-22-26(6-2)12-30(46)20-44-35/h5-6,10,13-20,29-30H,7-9,11-12,21-24H2,1-4H3,(H,47,48)/b25-5-,26-6-/t29-,30-/m0/s1. The van der Waals surface area contributed by atoms with Crippen LogP contribution in [0.15, 0.2) is 75.7 Å². The lowest BCUT2D eigenvalue weighted by molar-refractivity contribution is -0.137. The monoisotopic (exact) mass is 748 g/mol. The minimum Gasteiger partial charge on any atom is -0.494 e. The van der Waals surface area contributed by atoms with Crippen molar-refractivity contribution < 1.29 is 43.2 Å². The number of rotatable bonds is 13. The summed E-state index contributed by atoms with van der Waals surface area (Å²) >= 11 is 0. The molecular weight excluding hydrogens is 704 g/mol. The number of ether oxygens (including phenoxy) is 5. The van der Waals surface area contributed by atoms with Gasteiger partial charge in [-0.25, -0.2) is 0 Å². The van der Waals surface area contributed by atoms with Gasteiger partial charge in [0.2, 0.25) is 0 Å². The maximum Gasteiger partial charge on any atom is 0.303 e. The molecule has 0 bridgehead atoms. The van der Waals surface area contributed by atoms with Gasteiger partial charge in [-0.2, -0.15) is 0 Å². The number of carboxylic acid groups (broad SMARTS) is 1. The first-order valence-electron chi connectivity index (χ1n) is 18.3. The number of carbonyl (C=O) groups is 3. The number of nitrogens with zero attached hydrogens (tertiary/aromatic N) is 4. The Balaban J connectivity index is 1.12. The molecule has 2 fully saturated rings. The van der Waals surface area contributed by atoms with Crippen LogP contribution in [0.2, 0.25) is 0 Å². The van der Waals surface area contributed by atoms with E-state index in [1.807, 2.05) is 66.4 Å². The van der Waals surface area contributed by atoms with E-state index in [0.717, 1.165) is 24.0 Å². The zero-order valence-electron chi connectivity index (χ0n) is 31.4. The minimum atomic E-state index is -0.896. The third-order valence-corrected chi connectivity index (χ3v) is 10.2. The highest BCUT2D eigenvalue weighted by Gasteiger charge is 2.36. The predicted molar refractivity (Wildman–Crippen MR) is 206 cm³/mol. The van der Waals surface area contributed by atoms with Crippen LogP contribution in [0.1, 0.15) is 71.4 Å². The van der Waals surface area contributed by atoms with E-state index in [1.54, 1.807) is 24.3 Å². The molecule has 4 aliphatic heterocycles. The van der Waals surface area contributed by atoms with Crippen molar-refractivity contribution in [3.05, 3.63) is 88.0 Å². The molecule has 0 unspecified atom stereocenters. The number of benzene rings is 3. The molecule has 4 heterocycles. The van der Waals surface area contributed by atoms with Gasteiger partial charge in [-0.1, -0.05) is 23.3 Å². The van der Waals surface area contributed by atoms with E-state index in [4.69, 9.17) is 28.8 Å². The van der Waals surface area contributed by atoms with Crippen molar-refractivity contribution in [2.45, 2.75) is 64.8 Å². The summed E-state index contributed by atoms with van der Waals surface area (Å²) in [6.07, 6.45) is 9.56. The second-order valence-corrected chi connectivity index (χ2v) is 13.8. The fraction of sp³-hybridized carbons (Fsp3) is 0.357. The fourth-order valence-electron chi connectivity index (χ4n) is 7.24. The zero-order valence-corrected chi connectivity index (χ0v) is 31.4. The summed E-state index contributed by atoms with van der Waals surface area (Å²) in [6.45, 7) is 5.51. The molecule has 55 heavy (non-hydrogen) atoms. The van der Waals surface area contributed by atoms with Crippen LogP contribution in [0.4, 0.5) is 11.4 Å². The molecule has 3 aromatic carbocycles. The van der Waals surface area contributed by atoms with Gasteiger partial charge >= 0.3 is 5.97 Å². The molecule has 0 spiro atoms. The average Bonchev–Trinajstić information content (AvgIpc) is 3.76. The first-order valence-corrected chi connectivity index (χ1v) is 18.3. The van der Waals surface area contributed by atoms with Gasteiger partial charge in [0.25, 0.3) is 11.8 Å². The quantitative estimate of drug-likeness (QED) is 0.146. The lowest BCUT2D eigenvalue weighted by Crippen LogP contribution is -2.35. The van der Waals surface area contributed by atoms with Crippen molar-refractivity contribution in [2.75, 3.05) is 33.9 Å². The Hall–Kier alpha value is -6.11. The highest BCUT2D eigenvalue weighted by Crippen LogP contribution is 2.41. The van der Waals surface area contributed by atoms with Gasteiger partial charge in [0.05, 0.1) is 55.4 Å². The van der Waals surface area contributed by atoms with Gasteiger partial charge in [-0.3, -0.25) is 24.4 Å². The maximum absolute atomic E-state index is 13.6. The van der Waals surface area contributed by atoms with Gasteiger partial charge in [-0.15, -0.1) is 0 Å². The number of fused-ring (bicyclic) bond motifs is 4. The van der Waals surface area contributed by atoms with E-state index in [0.29, 0.717) is 70.8 Å². The van der Waals surface area contributed by atoms with E-state index in [1.165, 1.54) is 25.4 Å². The van der Waals surface area contributed by atoms with E-state index in [9.17, 15) is 14.4 Å². The van der Waals surface area contributed by atoms with Gasteiger partial charge in [-0.05, 0) is 74.6 Å². The Kier molecular flexibility index (Phi) is 10.9. The van der Waals surface area contributed by atoms with Crippen LogP contribution in [0, 0.1) is 0 Å². The second kappa shape index (κ2) is 16.1. The zero-order chi connectivity index (χ0) is 38.6. The average molecular weight is 749 g/mol. The van der Waals surface area contributed by atoms with Crippen LogP contribution in [-0.2, 0) is 18.0 Å². The normalized spacial score (nSPS) is 19.8. The molecule has 0 saturated carbocycles. The number of carbonyl (C=O) groups excluding carboxylic acids is 2. The molecule has 0 aromatic heterocycles. The van der Waals surface area contributed by atoms with Gasteiger partial charge < -0.3 is 38.6 Å². The number of hydrogen-bond acceptors (Lipinski definition) is 10. The third kappa shape index (κ3) is 7.91. The summed E-state index contributed by atoms with van der Waals surface area (Å²) in [7, 11) is 3.05. The number of methoxy groups -OCH3 is 2. The van der Waals surface area contributed by atoms with Gasteiger partial charge in [0.1, 0.15) is 19.0 Å². The molecule has 286 valence electrons. The van der Waals surface area contributed by atoms with E-state index in [2.05, 4.69) is 9.98 Å². The molecule has 2 atom stereocenters. The second-order valence-electron chi connectivity index (χ2n) is 13.8. The highest BCUT2D eigenvalue weighted by molar-refractivity contribution is 6.04. The van der Waals surface area contributed by atoms with Crippen LogP contribution >= 0.6 is 0 Å². The number of aliphatic carboxylic acids is 1. The van der Waals surface area contributed by atoms with Crippen LogP contribution in [0.25, 0.3) is 0 Å². The number of carboxylic acids is 1. The van der Waals surface area contributed by atoms with Crippen molar-refractivity contribution >= 4 is 41.6 Å². The van der Waals surface area contributed by atoms with Crippen molar-refractivity contribution in [1.82, 2.24) is 9.80 Å². The first-order chi connectivity index (χ1) is 26.7.